The molecule has 2 heterocycles. The first-order valence-electron chi connectivity index (χ1n) is 15.3. The summed E-state index contributed by atoms with van der Waals surface area (Å²) in [7, 11) is -4.09. The molecular formula is C30H61BO5Si2. The molecule has 0 amide bonds. The van der Waals surface area contributed by atoms with E-state index in [-0.39, 0.29) is 41.7 Å². The predicted molar refractivity (Wildman–Crippen MR) is 167 cm³/mol. The molecule has 2 rings (SSSR count). The maximum absolute atomic E-state index is 7.16. The van der Waals surface area contributed by atoms with Gasteiger partial charge in [-0.15, -0.1) is 0 Å². The highest BCUT2D eigenvalue weighted by atomic mass is 28.4. The first-order chi connectivity index (χ1) is 17.2. The average Bonchev–Trinajstić information content (AvgIpc) is 3.51. The van der Waals surface area contributed by atoms with E-state index in [2.05, 4.69) is 115 Å². The van der Waals surface area contributed by atoms with Crippen LogP contribution in [0.4, 0.5) is 0 Å². The molecule has 5 nitrogen and oxygen atoms in total. The number of ether oxygens (including phenoxy) is 1. The third-order valence-corrected chi connectivity index (χ3v) is 19.5. The van der Waals surface area contributed by atoms with Gasteiger partial charge in [-0.2, -0.15) is 0 Å². The van der Waals surface area contributed by atoms with Crippen molar-refractivity contribution >= 4 is 23.8 Å². The summed E-state index contributed by atoms with van der Waals surface area (Å²) in [5, 5.41) is 0.198. The summed E-state index contributed by atoms with van der Waals surface area (Å²) < 4.78 is 33.0. The van der Waals surface area contributed by atoms with Gasteiger partial charge in [0.2, 0.25) is 0 Å². The lowest BCUT2D eigenvalue weighted by Gasteiger charge is -2.41. The molecule has 38 heavy (non-hydrogen) atoms. The molecule has 2 aliphatic heterocycles. The van der Waals surface area contributed by atoms with Gasteiger partial charge in [-0.3, -0.25) is 0 Å². The van der Waals surface area contributed by atoms with Crippen LogP contribution < -0.4 is 0 Å². The third-order valence-electron chi connectivity index (χ3n) is 10.2. The molecule has 8 heteroatoms. The van der Waals surface area contributed by atoms with E-state index in [0.29, 0.717) is 5.92 Å². The standard InChI is InChI=1S/C30H61BO5Si2/c1-16-24(33-37(14,15)27(6,7)8)23(5)26-25(32-26)22-30(13,36-38(17-2,18-3)19-4)20-21-31-34-28(9,10)29(11,12)35-31/h20-21,23-26H,16-19,22H2,1-15H3/b21-20+/t23-,24+,25-,26-,30+/m1/s1. The number of hydrogen-bond acceptors (Lipinski definition) is 5. The Kier molecular flexibility index (Phi) is 10.9. The molecule has 0 unspecified atom stereocenters. The zero-order valence-corrected chi connectivity index (χ0v) is 29.6. The highest BCUT2D eigenvalue weighted by Gasteiger charge is 2.53. The van der Waals surface area contributed by atoms with Gasteiger partial charge in [0.05, 0.1) is 29.0 Å². The van der Waals surface area contributed by atoms with Gasteiger partial charge in [0.15, 0.2) is 16.6 Å². The van der Waals surface area contributed by atoms with Gasteiger partial charge in [-0.1, -0.05) is 67.4 Å². The van der Waals surface area contributed by atoms with Gasteiger partial charge in [0.1, 0.15) is 0 Å². The molecule has 0 N–H and O–H groups in total. The van der Waals surface area contributed by atoms with Crippen molar-refractivity contribution in [2.75, 3.05) is 0 Å². The predicted octanol–water partition coefficient (Wildman–Crippen LogP) is 8.55. The van der Waals surface area contributed by atoms with Crippen molar-refractivity contribution < 1.29 is 22.9 Å². The molecule has 0 aromatic rings. The first kappa shape index (κ1) is 34.2. The highest BCUT2D eigenvalue weighted by molar-refractivity contribution is 6.74. The van der Waals surface area contributed by atoms with Crippen LogP contribution in [0.1, 0.15) is 103 Å². The fourth-order valence-electron chi connectivity index (χ4n) is 5.37. The Bertz CT molecular complexity index is 781. The summed E-state index contributed by atoms with van der Waals surface area (Å²) in [6, 6.07) is 3.34. The smallest absolute Gasteiger partial charge is 0.414 e. The Hall–Kier alpha value is 0.0387. The number of rotatable bonds is 14. The molecule has 222 valence electrons. The Morgan fingerprint density at radius 1 is 0.921 bits per heavy atom. The Morgan fingerprint density at radius 2 is 1.42 bits per heavy atom. The second-order valence-corrected chi connectivity index (χ2v) is 24.1. The van der Waals surface area contributed by atoms with Crippen LogP contribution in [0.2, 0.25) is 36.3 Å². The largest absolute Gasteiger partial charge is 0.486 e. The van der Waals surface area contributed by atoms with Crippen LogP contribution >= 0.6 is 0 Å². The first-order valence-corrected chi connectivity index (χ1v) is 20.7. The van der Waals surface area contributed by atoms with Gasteiger partial charge in [0.25, 0.3) is 0 Å². The summed E-state index contributed by atoms with van der Waals surface area (Å²) in [4.78, 5) is 0. The molecule has 2 saturated heterocycles. The molecular weight excluding hydrogens is 507 g/mol. The van der Waals surface area contributed by atoms with Crippen molar-refractivity contribution in [2.45, 2.75) is 174 Å². The number of epoxide rings is 1. The zero-order valence-electron chi connectivity index (χ0n) is 27.6. The van der Waals surface area contributed by atoms with Gasteiger partial charge >= 0.3 is 7.12 Å². The SMILES string of the molecule is CC[C@H](O[Si](C)(C)C(C)(C)C)[C@@H](C)[C@H]1O[C@@H]1C[C@](C)(/C=C/B1OC(C)(C)C(C)(C)O1)O[Si](CC)(CC)CC. The molecule has 5 atom stereocenters. The van der Waals surface area contributed by atoms with Crippen molar-refractivity contribution in [3.05, 3.63) is 12.1 Å². The number of hydrogen-bond donors (Lipinski definition) is 0. The lowest BCUT2D eigenvalue weighted by Crippen LogP contribution is -2.47. The molecule has 0 saturated carbocycles. The van der Waals surface area contributed by atoms with Crippen LogP contribution in [0.25, 0.3) is 0 Å². The average molecular weight is 569 g/mol. The summed E-state index contributed by atoms with van der Waals surface area (Å²) in [5.41, 5.74) is -1.14. The molecule has 2 fully saturated rings. The quantitative estimate of drug-likeness (QED) is 0.155. The Labute approximate surface area is 238 Å². The van der Waals surface area contributed by atoms with Crippen LogP contribution in [0.15, 0.2) is 12.1 Å². The van der Waals surface area contributed by atoms with Gasteiger partial charge in [-0.25, -0.2) is 0 Å². The molecule has 0 aliphatic carbocycles. The van der Waals surface area contributed by atoms with E-state index in [1.807, 2.05) is 0 Å². The van der Waals surface area contributed by atoms with Crippen LogP contribution in [-0.4, -0.2) is 58.9 Å². The minimum Gasteiger partial charge on any atom is -0.414 e. The van der Waals surface area contributed by atoms with Crippen LogP contribution in [0.3, 0.4) is 0 Å². The lowest BCUT2D eigenvalue weighted by molar-refractivity contribution is 0.00578. The van der Waals surface area contributed by atoms with Crippen molar-refractivity contribution in [3.63, 3.8) is 0 Å². The van der Waals surface area contributed by atoms with Crippen molar-refractivity contribution in [2.24, 2.45) is 5.92 Å². The van der Waals surface area contributed by atoms with Crippen LogP contribution in [-0.2, 0) is 22.9 Å². The molecule has 2 aliphatic rings. The van der Waals surface area contributed by atoms with Gasteiger partial charge in [0, 0.05) is 18.4 Å². The van der Waals surface area contributed by atoms with E-state index in [1.165, 1.54) is 0 Å². The minimum atomic E-state index is -1.86. The molecule has 0 aromatic carbocycles. The minimum absolute atomic E-state index is 0.173. The summed E-state index contributed by atoms with van der Waals surface area (Å²) in [6.45, 7) is 33.7. The van der Waals surface area contributed by atoms with Crippen molar-refractivity contribution in [1.82, 2.24) is 0 Å². The second-order valence-electron chi connectivity index (χ2n) is 14.7. The van der Waals surface area contributed by atoms with Crippen LogP contribution in [0.5, 0.6) is 0 Å². The Morgan fingerprint density at radius 3 is 1.84 bits per heavy atom. The highest BCUT2D eigenvalue weighted by Crippen LogP contribution is 2.44. The third kappa shape index (κ3) is 7.86. The van der Waals surface area contributed by atoms with Crippen molar-refractivity contribution in [3.8, 4) is 0 Å². The Balaban J connectivity index is 2.21. The van der Waals surface area contributed by atoms with E-state index in [4.69, 9.17) is 22.9 Å². The van der Waals surface area contributed by atoms with E-state index in [1.54, 1.807) is 0 Å². The maximum Gasteiger partial charge on any atom is 0.486 e. The topological polar surface area (TPSA) is 49.5 Å². The van der Waals surface area contributed by atoms with E-state index >= 15 is 0 Å². The fraction of sp³-hybridized carbons (Fsp3) is 0.933. The lowest BCUT2D eigenvalue weighted by atomic mass is 9.85. The molecule has 0 aromatic heterocycles. The summed E-state index contributed by atoms with van der Waals surface area (Å²) in [6.07, 6.45) is 4.65. The molecule has 0 radical (unpaired) electrons. The van der Waals surface area contributed by atoms with Crippen molar-refractivity contribution in [1.29, 1.82) is 0 Å². The summed E-state index contributed by atoms with van der Waals surface area (Å²) in [5.74, 6) is 2.42. The monoisotopic (exact) mass is 568 g/mol. The van der Waals surface area contributed by atoms with E-state index in [0.717, 1.165) is 31.0 Å². The normalized spacial score (nSPS) is 27.0. The molecule has 0 spiro atoms. The van der Waals surface area contributed by atoms with Gasteiger partial charge < -0.3 is 22.9 Å². The van der Waals surface area contributed by atoms with E-state index < -0.39 is 22.2 Å². The molecule has 0 bridgehead atoms. The zero-order chi connectivity index (χ0) is 29.4. The van der Waals surface area contributed by atoms with E-state index in [9.17, 15) is 0 Å². The maximum atomic E-state index is 7.16. The van der Waals surface area contributed by atoms with Gasteiger partial charge in [-0.05, 0) is 77.3 Å². The van der Waals surface area contributed by atoms with Crippen LogP contribution in [0, 0.1) is 5.92 Å². The summed E-state index contributed by atoms with van der Waals surface area (Å²) >= 11 is 0. The second kappa shape index (κ2) is 12.1. The fourth-order valence-corrected chi connectivity index (χ4v) is 9.93.